The molecule has 1 heterocycles. The topological polar surface area (TPSA) is 29.9 Å². The summed E-state index contributed by atoms with van der Waals surface area (Å²) < 4.78 is 2.11. The summed E-state index contributed by atoms with van der Waals surface area (Å²) in [5.41, 5.74) is 0. The molecular weight excluding hydrogens is 198 g/mol. The number of aromatic nitrogens is 2. The monoisotopic (exact) mass is 223 g/mol. The number of unbranched alkanes of at least 4 members (excludes halogenated alkanes) is 2. The van der Waals surface area contributed by atoms with Crippen LogP contribution in [0.1, 0.15) is 38.9 Å². The Balaban J connectivity index is 1.94. The molecule has 1 aromatic heterocycles. The molecule has 1 N–H and O–H groups in total. The molecular formula is C13H25N3. The lowest BCUT2D eigenvalue weighted by Crippen LogP contribution is -2.20. The summed E-state index contributed by atoms with van der Waals surface area (Å²) in [6.07, 6.45) is 8.80. The number of hydrogen-bond donors (Lipinski definition) is 1. The second kappa shape index (κ2) is 7.44. The van der Waals surface area contributed by atoms with Crippen molar-refractivity contribution in [3.05, 3.63) is 18.2 Å². The van der Waals surface area contributed by atoms with Crippen LogP contribution in [0, 0.1) is 5.92 Å². The van der Waals surface area contributed by atoms with Gasteiger partial charge in [-0.15, -0.1) is 0 Å². The Morgan fingerprint density at radius 2 is 2.12 bits per heavy atom. The van der Waals surface area contributed by atoms with Gasteiger partial charge in [0.05, 0.1) is 0 Å². The van der Waals surface area contributed by atoms with E-state index < -0.39 is 0 Å². The van der Waals surface area contributed by atoms with E-state index in [1.165, 1.54) is 25.1 Å². The summed E-state index contributed by atoms with van der Waals surface area (Å²) in [7, 11) is 2.06. The molecule has 0 radical (unpaired) electrons. The Morgan fingerprint density at radius 3 is 2.75 bits per heavy atom. The highest BCUT2D eigenvalue weighted by atomic mass is 15.0. The van der Waals surface area contributed by atoms with Crippen LogP contribution < -0.4 is 5.32 Å². The summed E-state index contributed by atoms with van der Waals surface area (Å²) in [6, 6.07) is 0. The van der Waals surface area contributed by atoms with Crippen molar-refractivity contribution in [1.82, 2.24) is 14.9 Å². The molecule has 0 aromatic carbocycles. The molecule has 0 amide bonds. The van der Waals surface area contributed by atoms with Crippen LogP contribution in [-0.4, -0.2) is 22.6 Å². The van der Waals surface area contributed by atoms with Gasteiger partial charge < -0.3 is 9.88 Å². The fourth-order valence-corrected chi connectivity index (χ4v) is 1.74. The molecule has 0 unspecified atom stereocenters. The van der Waals surface area contributed by atoms with E-state index in [4.69, 9.17) is 0 Å². The molecule has 0 saturated carbocycles. The van der Waals surface area contributed by atoms with Crippen molar-refractivity contribution in [3.63, 3.8) is 0 Å². The van der Waals surface area contributed by atoms with Crippen LogP contribution in [0.3, 0.4) is 0 Å². The second-order valence-electron chi connectivity index (χ2n) is 4.86. The van der Waals surface area contributed by atoms with Crippen molar-refractivity contribution in [3.8, 4) is 0 Å². The van der Waals surface area contributed by atoms with Gasteiger partial charge in [-0.2, -0.15) is 0 Å². The van der Waals surface area contributed by atoms with Crippen LogP contribution >= 0.6 is 0 Å². The Morgan fingerprint density at radius 1 is 1.31 bits per heavy atom. The first-order valence-corrected chi connectivity index (χ1v) is 6.37. The lowest BCUT2D eigenvalue weighted by atomic mass is 10.2. The van der Waals surface area contributed by atoms with E-state index in [-0.39, 0.29) is 0 Å². The van der Waals surface area contributed by atoms with Crippen LogP contribution in [-0.2, 0) is 13.5 Å². The first kappa shape index (κ1) is 13.2. The van der Waals surface area contributed by atoms with Gasteiger partial charge in [-0.25, -0.2) is 4.98 Å². The van der Waals surface area contributed by atoms with Crippen LogP contribution in [0.15, 0.2) is 12.4 Å². The number of nitrogens with zero attached hydrogens (tertiary/aromatic N) is 2. The van der Waals surface area contributed by atoms with E-state index >= 15 is 0 Å². The van der Waals surface area contributed by atoms with Gasteiger partial charge >= 0.3 is 0 Å². The maximum atomic E-state index is 4.32. The van der Waals surface area contributed by atoms with Crippen LogP contribution in [0.5, 0.6) is 0 Å². The van der Waals surface area contributed by atoms with Crippen LogP contribution in [0.2, 0.25) is 0 Å². The van der Waals surface area contributed by atoms with E-state index in [2.05, 4.69) is 35.8 Å². The predicted octanol–water partition coefficient (Wildman–Crippen LogP) is 2.38. The van der Waals surface area contributed by atoms with Crippen molar-refractivity contribution in [2.45, 2.75) is 39.5 Å². The summed E-state index contributed by atoms with van der Waals surface area (Å²) in [5.74, 6) is 1.96. The molecule has 0 spiro atoms. The summed E-state index contributed by atoms with van der Waals surface area (Å²) in [5, 5.41) is 3.47. The Kier molecular flexibility index (Phi) is 6.16. The molecule has 3 heteroatoms. The zero-order chi connectivity index (χ0) is 11.8. The van der Waals surface area contributed by atoms with E-state index in [9.17, 15) is 0 Å². The molecule has 0 fully saturated rings. The fraction of sp³-hybridized carbons (Fsp3) is 0.769. The largest absolute Gasteiger partial charge is 0.338 e. The number of aryl methyl sites for hydroxylation is 2. The quantitative estimate of drug-likeness (QED) is 0.686. The van der Waals surface area contributed by atoms with E-state index in [0.29, 0.717) is 0 Å². The first-order valence-electron chi connectivity index (χ1n) is 6.37. The van der Waals surface area contributed by atoms with Gasteiger partial charge in [-0.1, -0.05) is 20.3 Å². The maximum absolute atomic E-state index is 4.32. The third-order valence-corrected chi connectivity index (χ3v) is 2.73. The smallest absolute Gasteiger partial charge is 0.108 e. The zero-order valence-corrected chi connectivity index (χ0v) is 10.9. The van der Waals surface area contributed by atoms with Crippen molar-refractivity contribution >= 4 is 0 Å². The summed E-state index contributed by atoms with van der Waals surface area (Å²) >= 11 is 0. The van der Waals surface area contributed by atoms with Gasteiger partial charge in [-0.05, 0) is 31.8 Å². The van der Waals surface area contributed by atoms with Crippen molar-refractivity contribution < 1.29 is 0 Å². The second-order valence-corrected chi connectivity index (χ2v) is 4.86. The number of hydrogen-bond acceptors (Lipinski definition) is 2. The maximum Gasteiger partial charge on any atom is 0.108 e. The Labute approximate surface area is 99.3 Å². The molecule has 0 aliphatic carbocycles. The minimum Gasteiger partial charge on any atom is -0.338 e. The van der Waals surface area contributed by atoms with Crippen molar-refractivity contribution in [2.24, 2.45) is 13.0 Å². The Bertz CT molecular complexity index is 278. The van der Waals surface area contributed by atoms with Gasteiger partial charge in [0, 0.05) is 25.9 Å². The molecule has 0 aliphatic heterocycles. The molecule has 0 saturated heterocycles. The minimum atomic E-state index is 0.757. The SMILES string of the molecule is CC(C)CNCCCCCc1nccn1C. The van der Waals surface area contributed by atoms with E-state index in [1.807, 2.05) is 12.4 Å². The highest BCUT2D eigenvalue weighted by Gasteiger charge is 1.98. The standard InChI is InChI=1S/C13H25N3/c1-12(2)11-14-8-6-4-5-7-13-15-9-10-16(13)3/h9-10,12,14H,4-8,11H2,1-3H3. The number of rotatable bonds is 8. The minimum absolute atomic E-state index is 0.757. The van der Waals surface area contributed by atoms with Gasteiger partial charge in [0.1, 0.15) is 5.82 Å². The van der Waals surface area contributed by atoms with Gasteiger partial charge in [-0.3, -0.25) is 0 Å². The van der Waals surface area contributed by atoms with Gasteiger partial charge in [0.25, 0.3) is 0 Å². The zero-order valence-electron chi connectivity index (χ0n) is 10.9. The highest BCUT2D eigenvalue weighted by Crippen LogP contribution is 2.03. The Hall–Kier alpha value is -0.830. The molecule has 1 aromatic rings. The number of imidazole rings is 1. The average molecular weight is 223 g/mol. The van der Waals surface area contributed by atoms with Gasteiger partial charge in [0.15, 0.2) is 0 Å². The van der Waals surface area contributed by atoms with Crippen LogP contribution in [0.25, 0.3) is 0 Å². The number of nitrogens with one attached hydrogen (secondary N) is 1. The molecule has 0 bridgehead atoms. The van der Waals surface area contributed by atoms with Crippen molar-refractivity contribution in [1.29, 1.82) is 0 Å². The third kappa shape index (κ3) is 5.31. The fourth-order valence-electron chi connectivity index (χ4n) is 1.74. The van der Waals surface area contributed by atoms with Gasteiger partial charge in [0.2, 0.25) is 0 Å². The lowest BCUT2D eigenvalue weighted by Gasteiger charge is -2.07. The molecule has 3 nitrogen and oxygen atoms in total. The highest BCUT2D eigenvalue weighted by molar-refractivity contribution is 4.90. The third-order valence-electron chi connectivity index (χ3n) is 2.73. The first-order chi connectivity index (χ1) is 7.70. The normalized spacial score (nSPS) is 11.2. The predicted molar refractivity (Wildman–Crippen MR) is 68.5 cm³/mol. The average Bonchev–Trinajstić information content (AvgIpc) is 2.62. The summed E-state index contributed by atoms with van der Waals surface area (Å²) in [4.78, 5) is 4.32. The molecule has 1 rings (SSSR count). The molecule has 0 aliphatic rings. The summed E-state index contributed by atoms with van der Waals surface area (Å²) in [6.45, 7) is 6.78. The molecule has 0 atom stereocenters. The van der Waals surface area contributed by atoms with Crippen LogP contribution in [0.4, 0.5) is 0 Å². The molecule has 16 heavy (non-hydrogen) atoms. The lowest BCUT2D eigenvalue weighted by molar-refractivity contribution is 0.528. The van der Waals surface area contributed by atoms with Crippen molar-refractivity contribution in [2.75, 3.05) is 13.1 Å². The van der Waals surface area contributed by atoms with E-state index in [0.717, 1.165) is 25.4 Å². The molecule has 92 valence electrons. The van der Waals surface area contributed by atoms with E-state index in [1.54, 1.807) is 0 Å².